The SMILES string of the molecule is Cc1cc(-c2cc(-c3cc(-c4ccccc4)cc(-c4cc(-c5cc(C)c(C)c(C)c5)c(-c5cc(C)c(C)c(C)c5)c(-c5cc(C)c(C)c(C)c5)c4)c3)cc(-c3cc(C)c(C)c(C)c3)c2C)cc(C)c1C. The van der Waals surface area contributed by atoms with Crippen molar-refractivity contribution >= 4 is 0 Å². The van der Waals surface area contributed by atoms with Crippen molar-refractivity contribution in [1.29, 1.82) is 0 Å². The fourth-order valence-corrected chi connectivity index (χ4v) is 10.8. The van der Waals surface area contributed by atoms with Crippen LogP contribution in [-0.2, 0) is 0 Å². The molecule has 0 radical (unpaired) electrons. The monoisotopic (exact) mass is 911 g/mol. The first-order valence-corrected chi connectivity index (χ1v) is 25.2. The molecule has 0 bridgehead atoms. The van der Waals surface area contributed by atoms with Gasteiger partial charge in [-0.05, 0) is 331 Å². The normalized spacial score (nSPS) is 11.4. The molecule has 9 aromatic carbocycles. The predicted molar refractivity (Wildman–Crippen MR) is 306 cm³/mol. The second-order valence-corrected chi connectivity index (χ2v) is 21.0. The molecule has 0 N–H and O–H groups in total. The predicted octanol–water partition coefficient (Wildman–Crippen LogP) is 20.0. The van der Waals surface area contributed by atoms with Crippen molar-refractivity contribution < 1.29 is 0 Å². The Morgan fingerprint density at radius 3 is 0.700 bits per heavy atom. The van der Waals surface area contributed by atoms with Crippen molar-refractivity contribution in [3.63, 3.8) is 0 Å². The molecule has 0 amide bonds. The third kappa shape index (κ3) is 8.90. The Labute approximate surface area is 420 Å². The van der Waals surface area contributed by atoms with Gasteiger partial charge in [0.05, 0.1) is 0 Å². The quantitative estimate of drug-likeness (QED) is 0.142. The molecule has 0 aliphatic heterocycles. The molecule has 0 saturated carbocycles. The molecule has 0 atom stereocenters. The van der Waals surface area contributed by atoms with Crippen LogP contribution in [0, 0.1) is 111 Å². The summed E-state index contributed by atoms with van der Waals surface area (Å²) in [6.45, 7) is 36.2. The van der Waals surface area contributed by atoms with E-state index in [1.165, 1.54) is 178 Å². The maximum Gasteiger partial charge on any atom is -0.00262 e. The number of benzene rings is 9. The minimum absolute atomic E-state index is 1.19. The molecule has 0 nitrogen and oxygen atoms in total. The highest BCUT2D eigenvalue weighted by molar-refractivity contribution is 5.99. The minimum Gasteiger partial charge on any atom is -0.0622 e. The van der Waals surface area contributed by atoms with Crippen molar-refractivity contribution in [2.75, 3.05) is 0 Å². The van der Waals surface area contributed by atoms with Crippen LogP contribution in [0.2, 0.25) is 0 Å². The first kappa shape index (κ1) is 48.0. The zero-order chi connectivity index (χ0) is 50.0. The summed E-state index contributed by atoms with van der Waals surface area (Å²) in [6.07, 6.45) is 0. The summed E-state index contributed by atoms with van der Waals surface area (Å²) in [4.78, 5) is 0. The Morgan fingerprint density at radius 2 is 0.400 bits per heavy atom. The van der Waals surface area contributed by atoms with Gasteiger partial charge in [0.15, 0.2) is 0 Å². The molecule has 0 aromatic heterocycles. The average molecular weight is 911 g/mol. The third-order valence-electron chi connectivity index (χ3n) is 16.4. The van der Waals surface area contributed by atoms with E-state index < -0.39 is 0 Å². The van der Waals surface area contributed by atoms with Crippen molar-refractivity contribution in [2.24, 2.45) is 0 Å². The molecule has 0 unspecified atom stereocenters. The van der Waals surface area contributed by atoms with Gasteiger partial charge in [0.25, 0.3) is 0 Å². The number of rotatable bonds is 8. The molecule has 0 saturated heterocycles. The zero-order valence-corrected chi connectivity index (χ0v) is 44.7. The molecule has 0 heteroatoms. The number of hydrogen-bond acceptors (Lipinski definition) is 0. The van der Waals surface area contributed by atoms with Crippen LogP contribution in [-0.4, -0.2) is 0 Å². The highest BCUT2D eigenvalue weighted by Crippen LogP contribution is 2.47. The largest absolute Gasteiger partial charge is 0.0622 e. The molecule has 0 spiro atoms. The van der Waals surface area contributed by atoms with Gasteiger partial charge < -0.3 is 0 Å². The van der Waals surface area contributed by atoms with Gasteiger partial charge in [-0.15, -0.1) is 0 Å². The van der Waals surface area contributed by atoms with Gasteiger partial charge in [-0.3, -0.25) is 0 Å². The van der Waals surface area contributed by atoms with E-state index >= 15 is 0 Å². The second-order valence-electron chi connectivity index (χ2n) is 21.0. The van der Waals surface area contributed by atoms with Crippen LogP contribution in [0.1, 0.15) is 89.0 Å². The van der Waals surface area contributed by atoms with E-state index in [1.807, 2.05) is 0 Å². The molecule has 0 aliphatic carbocycles. The summed E-state index contributed by atoms with van der Waals surface area (Å²) in [7, 11) is 0. The molecule has 0 fully saturated rings. The van der Waals surface area contributed by atoms with E-state index in [4.69, 9.17) is 0 Å². The van der Waals surface area contributed by atoms with E-state index in [1.54, 1.807) is 0 Å². The molecule has 70 heavy (non-hydrogen) atoms. The second kappa shape index (κ2) is 18.7. The van der Waals surface area contributed by atoms with E-state index in [9.17, 15) is 0 Å². The average Bonchev–Trinajstić information content (AvgIpc) is 3.34. The molecule has 0 heterocycles. The lowest BCUT2D eigenvalue weighted by Gasteiger charge is -2.23. The van der Waals surface area contributed by atoms with Crippen LogP contribution in [0.5, 0.6) is 0 Å². The van der Waals surface area contributed by atoms with Crippen LogP contribution in [0.3, 0.4) is 0 Å². The summed E-state index contributed by atoms with van der Waals surface area (Å²) >= 11 is 0. The molecule has 350 valence electrons. The van der Waals surface area contributed by atoms with E-state index in [0.717, 1.165) is 0 Å². The summed E-state index contributed by atoms with van der Waals surface area (Å²) < 4.78 is 0. The topological polar surface area (TPSA) is 0 Å². The maximum absolute atomic E-state index is 2.50. The Bertz CT molecular complexity index is 3300. The van der Waals surface area contributed by atoms with Crippen LogP contribution in [0.25, 0.3) is 89.0 Å². The molecule has 9 aromatic rings. The lowest BCUT2D eigenvalue weighted by Crippen LogP contribution is -1.98. The minimum atomic E-state index is 1.19. The fourth-order valence-electron chi connectivity index (χ4n) is 10.8. The summed E-state index contributed by atoms with van der Waals surface area (Å²) in [5.41, 5.74) is 41.0. The highest BCUT2D eigenvalue weighted by Gasteiger charge is 2.22. The van der Waals surface area contributed by atoms with Gasteiger partial charge in [0.1, 0.15) is 0 Å². The van der Waals surface area contributed by atoms with Crippen LogP contribution in [0.4, 0.5) is 0 Å². The summed E-state index contributed by atoms with van der Waals surface area (Å²) in [5.74, 6) is 0. The van der Waals surface area contributed by atoms with Crippen LogP contribution >= 0.6 is 0 Å². The molecular weight excluding hydrogens is 841 g/mol. The number of hydrogen-bond donors (Lipinski definition) is 0. The van der Waals surface area contributed by atoms with E-state index in [0.29, 0.717) is 0 Å². The Morgan fingerprint density at radius 1 is 0.171 bits per heavy atom. The van der Waals surface area contributed by atoms with Gasteiger partial charge in [-0.25, -0.2) is 0 Å². The van der Waals surface area contributed by atoms with E-state index in [2.05, 4.69) is 244 Å². The fraction of sp³-hybridized carbons (Fsp3) is 0.229. The number of aryl methyl sites for hydroxylation is 10. The first-order chi connectivity index (χ1) is 33.3. The maximum atomic E-state index is 2.50. The van der Waals surface area contributed by atoms with Gasteiger partial charge >= 0.3 is 0 Å². The van der Waals surface area contributed by atoms with Gasteiger partial charge in [-0.2, -0.15) is 0 Å². The van der Waals surface area contributed by atoms with Gasteiger partial charge in [0, 0.05) is 0 Å². The van der Waals surface area contributed by atoms with Crippen LogP contribution < -0.4 is 0 Å². The molecule has 9 rings (SSSR count). The van der Waals surface area contributed by atoms with Gasteiger partial charge in [0.2, 0.25) is 0 Å². The Balaban J connectivity index is 1.40. The van der Waals surface area contributed by atoms with Crippen molar-refractivity contribution in [2.45, 2.75) is 111 Å². The lowest BCUT2D eigenvalue weighted by molar-refractivity contribution is 1.26. The highest BCUT2D eigenvalue weighted by atomic mass is 14.3. The van der Waals surface area contributed by atoms with Gasteiger partial charge in [-0.1, -0.05) is 91.0 Å². The van der Waals surface area contributed by atoms with E-state index in [-0.39, 0.29) is 0 Å². The summed E-state index contributed by atoms with van der Waals surface area (Å²) in [5, 5.41) is 0. The van der Waals surface area contributed by atoms with Crippen molar-refractivity contribution in [3.05, 3.63) is 222 Å². The lowest BCUT2D eigenvalue weighted by atomic mass is 9.81. The van der Waals surface area contributed by atoms with Crippen LogP contribution in [0.15, 0.2) is 133 Å². The standard InChI is InChI=1S/C70H70/c1-39-22-61(23-40(2)49(39)11)66-35-59(36-67(54(66)16)62-24-41(3)50(12)42(4)25-62)57-32-56(55-20-18-17-19-21-55)33-58(34-57)60-37-68(63-26-43(5)51(13)44(6)27-63)70(65-30-47(9)53(15)48(10)31-65)69(38-60)64-28-45(7)52(14)46(8)29-64/h17-38H,1-16H3. The molecular formula is C70H70. The first-order valence-electron chi connectivity index (χ1n) is 25.2. The molecule has 0 aliphatic rings. The zero-order valence-electron chi connectivity index (χ0n) is 44.7. The van der Waals surface area contributed by atoms with Crippen molar-refractivity contribution in [3.8, 4) is 89.0 Å². The Kier molecular flexibility index (Phi) is 12.8. The smallest absolute Gasteiger partial charge is 0.00262 e. The summed E-state index contributed by atoms with van der Waals surface area (Å²) in [6, 6.07) is 52.2. The van der Waals surface area contributed by atoms with Crippen molar-refractivity contribution in [1.82, 2.24) is 0 Å². The Hall–Kier alpha value is -7.02. The third-order valence-corrected chi connectivity index (χ3v) is 16.4.